The summed E-state index contributed by atoms with van der Waals surface area (Å²) < 4.78 is 13.1. The van der Waals surface area contributed by atoms with Crippen molar-refractivity contribution in [3.63, 3.8) is 0 Å². The maximum atomic E-state index is 13.1. The molecule has 0 bridgehead atoms. The summed E-state index contributed by atoms with van der Waals surface area (Å²) in [5.74, 6) is -0.584. The molecular formula is C12H17FN2O. The van der Waals surface area contributed by atoms with Gasteiger partial charge in [0.25, 0.3) is 0 Å². The van der Waals surface area contributed by atoms with Crippen LogP contribution in [0.3, 0.4) is 0 Å². The average Bonchev–Trinajstić information content (AvgIpc) is 2.17. The summed E-state index contributed by atoms with van der Waals surface area (Å²) in [5.41, 5.74) is 5.32. The Bertz CT molecular complexity index is 385. The molecule has 0 aliphatic carbocycles. The number of hydrogen-bond donors (Lipinski definition) is 1. The molecular weight excluding hydrogens is 207 g/mol. The molecule has 1 amide bonds. The third-order valence-electron chi connectivity index (χ3n) is 2.23. The fraction of sp³-hybridized carbons (Fsp3) is 0.417. The number of rotatable bonds is 3. The van der Waals surface area contributed by atoms with Crippen LogP contribution in [0.15, 0.2) is 24.3 Å². The van der Waals surface area contributed by atoms with Gasteiger partial charge in [0.15, 0.2) is 0 Å². The third kappa shape index (κ3) is 2.79. The number of anilines is 1. The van der Waals surface area contributed by atoms with Gasteiger partial charge in [-0.25, -0.2) is 4.39 Å². The quantitative estimate of drug-likeness (QED) is 0.852. The lowest BCUT2D eigenvalue weighted by atomic mass is 10.0. The average molecular weight is 224 g/mol. The van der Waals surface area contributed by atoms with Crippen molar-refractivity contribution >= 4 is 11.6 Å². The van der Waals surface area contributed by atoms with E-state index < -0.39 is 5.54 Å². The van der Waals surface area contributed by atoms with Gasteiger partial charge in [-0.05, 0) is 39.0 Å². The second-order valence-electron chi connectivity index (χ2n) is 4.25. The number of carbonyl (C=O) groups is 1. The zero-order valence-corrected chi connectivity index (χ0v) is 9.83. The van der Waals surface area contributed by atoms with Crippen molar-refractivity contribution in [3.8, 4) is 0 Å². The first-order valence-electron chi connectivity index (χ1n) is 5.22. The van der Waals surface area contributed by atoms with Gasteiger partial charge >= 0.3 is 0 Å². The van der Waals surface area contributed by atoms with Crippen LogP contribution in [-0.2, 0) is 4.79 Å². The normalized spacial score (nSPS) is 11.3. The summed E-state index contributed by atoms with van der Waals surface area (Å²) in [6.07, 6.45) is 0. The summed E-state index contributed by atoms with van der Waals surface area (Å²) >= 11 is 0. The van der Waals surface area contributed by atoms with E-state index in [1.54, 1.807) is 26.0 Å². The molecule has 0 radical (unpaired) electrons. The van der Waals surface area contributed by atoms with Crippen LogP contribution in [0.5, 0.6) is 0 Å². The van der Waals surface area contributed by atoms with E-state index in [-0.39, 0.29) is 11.7 Å². The molecule has 0 aromatic heterocycles. The second kappa shape index (κ2) is 4.61. The van der Waals surface area contributed by atoms with Gasteiger partial charge in [0, 0.05) is 12.2 Å². The number of hydrogen-bond acceptors (Lipinski definition) is 2. The molecule has 88 valence electrons. The highest BCUT2D eigenvalue weighted by Gasteiger charge is 2.27. The van der Waals surface area contributed by atoms with Crippen molar-refractivity contribution < 1.29 is 9.18 Å². The van der Waals surface area contributed by atoms with E-state index in [9.17, 15) is 9.18 Å². The third-order valence-corrected chi connectivity index (χ3v) is 2.23. The lowest BCUT2D eigenvalue weighted by Gasteiger charge is -2.28. The van der Waals surface area contributed by atoms with E-state index in [4.69, 9.17) is 5.73 Å². The van der Waals surface area contributed by atoms with E-state index in [1.807, 2.05) is 6.92 Å². The van der Waals surface area contributed by atoms with E-state index >= 15 is 0 Å². The predicted molar refractivity (Wildman–Crippen MR) is 62.7 cm³/mol. The standard InChI is InChI=1S/C12H17FN2O/c1-4-15(11(16)12(2,3)14)10-7-5-6-9(13)8-10/h5-8H,4,14H2,1-3H3. The number of nitrogens with two attached hydrogens (primary N) is 1. The summed E-state index contributed by atoms with van der Waals surface area (Å²) in [4.78, 5) is 13.5. The molecule has 0 saturated heterocycles. The molecule has 2 N–H and O–H groups in total. The number of likely N-dealkylation sites (N-methyl/N-ethyl adjacent to an activating group) is 1. The molecule has 3 nitrogen and oxygen atoms in total. The minimum atomic E-state index is -0.956. The SMILES string of the molecule is CCN(C(=O)C(C)(C)N)c1cccc(F)c1. The highest BCUT2D eigenvalue weighted by Crippen LogP contribution is 2.18. The largest absolute Gasteiger partial charge is 0.318 e. The lowest BCUT2D eigenvalue weighted by Crippen LogP contribution is -2.51. The van der Waals surface area contributed by atoms with E-state index in [2.05, 4.69) is 0 Å². The zero-order chi connectivity index (χ0) is 12.3. The lowest BCUT2D eigenvalue weighted by molar-refractivity contribution is -0.122. The predicted octanol–water partition coefficient (Wildman–Crippen LogP) is 1.92. The molecule has 16 heavy (non-hydrogen) atoms. The minimum Gasteiger partial charge on any atom is -0.318 e. The van der Waals surface area contributed by atoms with E-state index in [0.29, 0.717) is 12.2 Å². The Labute approximate surface area is 95.0 Å². The number of amides is 1. The van der Waals surface area contributed by atoms with Gasteiger partial charge in [-0.1, -0.05) is 6.07 Å². The molecule has 0 saturated carbocycles. The van der Waals surface area contributed by atoms with E-state index in [1.165, 1.54) is 17.0 Å². The summed E-state index contributed by atoms with van der Waals surface area (Å²) in [5, 5.41) is 0. The maximum Gasteiger partial charge on any atom is 0.246 e. The van der Waals surface area contributed by atoms with Gasteiger partial charge in [0.2, 0.25) is 5.91 Å². The molecule has 4 heteroatoms. The van der Waals surface area contributed by atoms with Gasteiger partial charge in [0.05, 0.1) is 5.54 Å². The van der Waals surface area contributed by atoms with Crippen LogP contribution in [-0.4, -0.2) is 18.0 Å². The molecule has 1 aromatic carbocycles. The van der Waals surface area contributed by atoms with Gasteiger partial charge < -0.3 is 10.6 Å². The molecule has 0 aliphatic heterocycles. The molecule has 0 spiro atoms. The zero-order valence-electron chi connectivity index (χ0n) is 9.83. The minimum absolute atomic E-state index is 0.222. The van der Waals surface area contributed by atoms with Gasteiger partial charge in [-0.15, -0.1) is 0 Å². The number of benzene rings is 1. The first-order valence-corrected chi connectivity index (χ1v) is 5.22. The Morgan fingerprint density at radius 3 is 2.56 bits per heavy atom. The van der Waals surface area contributed by atoms with Crippen molar-refractivity contribution in [1.29, 1.82) is 0 Å². The van der Waals surface area contributed by atoms with Crippen LogP contribution in [0.4, 0.5) is 10.1 Å². The van der Waals surface area contributed by atoms with Crippen LogP contribution in [0.25, 0.3) is 0 Å². The van der Waals surface area contributed by atoms with Crippen molar-refractivity contribution in [2.75, 3.05) is 11.4 Å². The van der Waals surface area contributed by atoms with Crippen molar-refractivity contribution in [2.24, 2.45) is 5.73 Å². The Morgan fingerprint density at radius 1 is 1.50 bits per heavy atom. The highest BCUT2D eigenvalue weighted by molar-refractivity contribution is 5.99. The molecule has 0 atom stereocenters. The van der Waals surface area contributed by atoms with Crippen LogP contribution >= 0.6 is 0 Å². The molecule has 0 heterocycles. The van der Waals surface area contributed by atoms with E-state index in [0.717, 1.165) is 0 Å². The van der Waals surface area contributed by atoms with Crippen molar-refractivity contribution in [2.45, 2.75) is 26.3 Å². The molecule has 1 rings (SSSR count). The molecule has 0 aliphatic rings. The molecule has 0 unspecified atom stereocenters. The number of halogens is 1. The van der Waals surface area contributed by atoms with Crippen LogP contribution < -0.4 is 10.6 Å². The Balaban J connectivity index is 3.04. The van der Waals surface area contributed by atoms with Gasteiger partial charge in [-0.3, -0.25) is 4.79 Å². The molecule has 0 fully saturated rings. The maximum absolute atomic E-state index is 13.1. The Kier molecular flexibility index (Phi) is 3.65. The summed E-state index contributed by atoms with van der Waals surface area (Å²) in [6.45, 7) is 5.56. The Morgan fingerprint density at radius 2 is 2.12 bits per heavy atom. The number of carbonyl (C=O) groups excluding carboxylic acids is 1. The fourth-order valence-corrected chi connectivity index (χ4v) is 1.44. The van der Waals surface area contributed by atoms with Crippen molar-refractivity contribution in [1.82, 2.24) is 0 Å². The van der Waals surface area contributed by atoms with Crippen LogP contribution in [0, 0.1) is 5.82 Å². The fourth-order valence-electron chi connectivity index (χ4n) is 1.44. The topological polar surface area (TPSA) is 46.3 Å². The highest BCUT2D eigenvalue weighted by atomic mass is 19.1. The van der Waals surface area contributed by atoms with Gasteiger partial charge in [0.1, 0.15) is 5.82 Å². The smallest absolute Gasteiger partial charge is 0.246 e. The first kappa shape index (κ1) is 12.6. The summed E-state index contributed by atoms with van der Waals surface area (Å²) in [7, 11) is 0. The van der Waals surface area contributed by atoms with Gasteiger partial charge in [-0.2, -0.15) is 0 Å². The monoisotopic (exact) mass is 224 g/mol. The number of nitrogens with zero attached hydrogens (tertiary/aromatic N) is 1. The molecule has 1 aromatic rings. The summed E-state index contributed by atoms with van der Waals surface area (Å²) in [6, 6.07) is 5.93. The first-order chi connectivity index (χ1) is 7.36. The van der Waals surface area contributed by atoms with Crippen LogP contribution in [0.2, 0.25) is 0 Å². The van der Waals surface area contributed by atoms with Crippen molar-refractivity contribution in [3.05, 3.63) is 30.1 Å². The Hall–Kier alpha value is -1.42. The second-order valence-corrected chi connectivity index (χ2v) is 4.25. The van der Waals surface area contributed by atoms with Crippen LogP contribution in [0.1, 0.15) is 20.8 Å².